The second-order valence-electron chi connectivity index (χ2n) is 6.78. The number of amides is 1. The zero-order valence-electron chi connectivity index (χ0n) is 15.5. The van der Waals surface area contributed by atoms with E-state index in [2.05, 4.69) is 20.3 Å². The Kier molecular flexibility index (Phi) is 4.65. The van der Waals surface area contributed by atoms with E-state index in [1.807, 2.05) is 47.5 Å². The first-order chi connectivity index (χ1) is 14.3. The molecular formula is C20H18N6O2S. The van der Waals surface area contributed by atoms with Crippen LogP contribution >= 0.6 is 11.3 Å². The molecule has 1 aromatic carbocycles. The number of para-hydroxylation sites is 1. The molecular weight excluding hydrogens is 388 g/mol. The van der Waals surface area contributed by atoms with Crippen molar-refractivity contribution in [3.05, 3.63) is 59.9 Å². The monoisotopic (exact) mass is 406 g/mol. The summed E-state index contributed by atoms with van der Waals surface area (Å²) >= 11 is 1.44. The van der Waals surface area contributed by atoms with E-state index in [0.29, 0.717) is 29.8 Å². The molecule has 8 nitrogen and oxygen atoms in total. The van der Waals surface area contributed by atoms with Crippen LogP contribution in [0.1, 0.15) is 22.6 Å². The highest BCUT2D eigenvalue weighted by atomic mass is 32.1. The van der Waals surface area contributed by atoms with E-state index in [-0.39, 0.29) is 12.0 Å². The maximum Gasteiger partial charge on any atom is 0.282 e. The lowest BCUT2D eigenvalue weighted by Gasteiger charge is -2.31. The van der Waals surface area contributed by atoms with Gasteiger partial charge in [0.1, 0.15) is 6.10 Å². The topological polar surface area (TPSA) is 86.0 Å². The molecule has 3 aromatic heterocycles. The lowest BCUT2D eigenvalue weighted by Crippen LogP contribution is -2.41. The highest BCUT2D eigenvalue weighted by Gasteiger charge is 2.26. The number of hydrogen-bond donors (Lipinski definition) is 0. The Labute approximate surface area is 170 Å². The average Bonchev–Trinajstić information content (AvgIpc) is 3.44. The largest absolute Gasteiger partial charge is 0.473 e. The Morgan fingerprint density at radius 1 is 1.07 bits per heavy atom. The van der Waals surface area contributed by atoms with Crippen molar-refractivity contribution in [2.75, 3.05) is 13.1 Å². The number of piperidine rings is 1. The molecule has 1 aliphatic rings. The van der Waals surface area contributed by atoms with Crippen LogP contribution in [0.5, 0.6) is 5.88 Å². The quantitative estimate of drug-likeness (QED) is 0.518. The number of hydrogen-bond acceptors (Lipinski definition) is 7. The van der Waals surface area contributed by atoms with E-state index in [1.54, 1.807) is 16.9 Å². The third-order valence-corrected chi connectivity index (χ3v) is 5.88. The zero-order valence-corrected chi connectivity index (χ0v) is 16.3. The van der Waals surface area contributed by atoms with Gasteiger partial charge in [-0.2, -0.15) is 5.10 Å². The average molecular weight is 406 g/mol. The van der Waals surface area contributed by atoms with Crippen LogP contribution in [-0.2, 0) is 0 Å². The number of carbonyl (C=O) groups excluding carboxylic acids is 1. The smallest absolute Gasteiger partial charge is 0.282 e. The number of aromatic nitrogens is 5. The van der Waals surface area contributed by atoms with Gasteiger partial charge in [-0.25, -0.2) is 9.67 Å². The highest BCUT2D eigenvalue weighted by molar-refractivity contribution is 7.20. The van der Waals surface area contributed by atoms with E-state index in [9.17, 15) is 4.79 Å². The third kappa shape index (κ3) is 3.68. The van der Waals surface area contributed by atoms with E-state index < -0.39 is 0 Å². The van der Waals surface area contributed by atoms with E-state index in [1.165, 1.54) is 11.3 Å². The van der Waals surface area contributed by atoms with Crippen molar-refractivity contribution in [2.45, 2.75) is 18.9 Å². The summed E-state index contributed by atoms with van der Waals surface area (Å²) in [4.78, 5) is 19.1. The molecule has 1 saturated heterocycles. The van der Waals surface area contributed by atoms with Crippen molar-refractivity contribution in [2.24, 2.45) is 0 Å². The second-order valence-corrected chi connectivity index (χ2v) is 7.81. The summed E-state index contributed by atoms with van der Waals surface area (Å²) in [6.45, 7) is 1.27. The van der Waals surface area contributed by atoms with E-state index >= 15 is 0 Å². The van der Waals surface area contributed by atoms with Crippen molar-refractivity contribution in [3.63, 3.8) is 0 Å². The van der Waals surface area contributed by atoms with Crippen molar-refractivity contribution in [1.29, 1.82) is 0 Å². The second kappa shape index (κ2) is 7.59. The van der Waals surface area contributed by atoms with Crippen LogP contribution in [0.15, 0.2) is 54.9 Å². The van der Waals surface area contributed by atoms with Gasteiger partial charge in [0.05, 0.1) is 10.2 Å². The van der Waals surface area contributed by atoms with E-state index in [4.69, 9.17) is 4.74 Å². The van der Waals surface area contributed by atoms with Gasteiger partial charge in [0.2, 0.25) is 5.88 Å². The maximum absolute atomic E-state index is 12.8. The fourth-order valence-electron chi connectivity index (χ4n) is 3.35. The number of carbonyl (C=O) groups is 1. The van der Waals surface area contributed by atoms with E-state index in [0.717, 1.165) is 23.1 Å². The van der Waals surface area contributed by atoms with Gasteiger partial charge in [0.25, 0.3) is 5.91 Å². The molecule has 1 fully saturated rings. The van der Waals surface area contributed by atoms with Gasteiger partial charge in [-0.3, -0.25) is 4.79 Å². The first kappa shape index (κ1) is 17.7. The lowest BCUT2D eigenvalue weighted by atomic mass is 10.1. The Balaban J connectivity index is 1.18. The molecule has 9 heteroatoms. The molecule has 4 heterocycles. The van der Waals surface area contributed by atoms with Crippen LogP contribution in [0.3, 0.4) is 0 Å². The molecule has 4 aromatic rings. The first-order valence-corrected chi connectivity index (χ1v) is 10.2. The molecule has 0 spiro atoms. The van der Waals surface area contributed by atoms with Crippen LogP contribution in [0, 0.1) is 0 Å². The van der Waals surface area contributed by atoms with Crippen molar-refractivity contribution in [3.8, 4) is 11.7 Å². The molecule has 0 bridgehead atoms. The van der Waals surface area contributed by atoms with Crippen molar-refractivity contribution < 1.29 is 9.53 Å². The number of likely N-dealkylation sites (tertiary alicyclic amines) is 1. The van der Waals surface area contributed by atoms with Crippen LogP contribution in [-0.4, -0.2) is 55.0 Å². The summed E-state index contributed by atoms with van der Waals surface area (Å²) < 4.78 is 8.63. The van der Waals surface area contributed by atoms with Gasteiger partial charge in [0, 0.05) is 44.4 Å². The first-order valence-electron chi connectivity index (χ1n) is 9.41. The van der Waals surface area contributed by atoms with Gasteiger partial charge >= 0.3 is 0 Å². The number of benzene rings is 1. The van der Waals surface area contributed by atoms with Crippen molar-refractivity contribution in [1.82, 2.24) is 29.9 Å². The van der Waals surface area contributed by atoms with Crippen LogP contribution < -0.4 is 4.74 Å². The van der Waals surface area contributed by atoms with Gasteiger partial charge in [0.15, 0.2) is 10.8 Å². The predicted octanol–water partition coefficient (Wildman–Crippen LogP) is 2.96. The third-order valence-electron chi connectivity index (χ3n) is 4.86. The molecule has 0 saturated carbocycles. The Morgan fingerprint density at radius 3 is 2.66 bits per heavy atom. The summed E-state index contributed by atoms with van der Waals surface area (Å²) in [6, 6.07) is 13.3. The molecule has 146 valence electrons. The lowest BCUT2D eigenvalue weighted by molar-refractivity contribution is 0.0586. The molecule has 0 atom stereocenters. The minimum absolute atomic E-state index is 0.00647. The Hall–Kier alpha value is -3.33. The SMILES string of the molecule is O=C(c1nc2ccccc2s1)N1CCC(Oc2ccc(-n3cccn3)nn2)CC1. The minimum Gasteiger partial charge on any atom is -0.473 e. The number of thiazole rings is 1. The molecule has 1 amide bonds. The molecule has 0 aliphatic carbocycles. The predicted molar refractivity (Wildman–Crippen MR) is 108 cm³/mol. The molecule has 29 heavy (non-hydrogen) atoms. The van der Waals surface area contributed by atoms with Crippen molar-refractivity contribution >= 4 is 27.5 Å². The molecule has 0 radical (unpaired) electrons. The van der Waals surface area contributed by atoms with Gasteiger partial charge in [-0.05, 0) is 24.3 Å². The van der Waals surface area contributed by atoms with Gasteiger partial charge in [-0.1, -0.05) is 12.1 Å². The zero-order chi connectivity index (χ0) is 19.6. The Morgan fingerprint density at radius 2 is 1.93 bits per heavy atom. The fourth-order valence-corrected chi connectivity index (χ4v) is 4.28. The molecule has 0 N–H and O–H groups in total. The fraction of sp³-hybridized carbons (Fsp3) is 0.250. The number of fused-ring (bicyclic) bond motifs is 1. The summed E-state index contributed by atoms with van der Waals surface area (Å²) in [7, 11) is 0. The summed E-state index contributed by atoms with van der Waals surface area (Å²) in [5, 5.41) is 13.0. The van der Waals surface area contributed by atoms with Gasteiger partial charge in [-0.15, -0.1) is 21.5 Å². The van der Waals surface area contributed by atoms with Crippen LogP contribution in [0.25, 0.3) is 16.0 Å². The molecule has 0 unspecified atom stereocenters. The molecule has 1 aliphatic heterocycles. The maximum atomic E-state index is 12.8. The van der Waals surface area contributed by atoms with Crippen LogP contribution in [0.4, 0.5) is 0 Å². The standard InChI is InChI=1S/C20H18N6O2S/c27-20(19-22-15-4-1-2-5-16(15)29-19)25-12-8-14(9-13-25)28-18-7-6-17(23-24-18)26-11-3-10-21-26/h1-7,10-11,14H,8-9,12-13H2. The minimum atomic E-state index is -0.00647. The normalized spacial score (nSPS) is 15.0. The summed E-state index contributed by atoms with van der Waals surface area (Å²) in [6.07, 6.45) is 5.01. The number of ether oxygens (including phenoxy) is 1. The molecule has 5 rings (SSSR count). The number of rotatable bonds is 4. The van der Waals surface area contributed by atoms with Gasteiger partial charge < -0.3 is 9.64 Å². The Bertz CT molecular complexity index is 1080. The highest BCUT2D eigenvalue weighted by Crippen LogP contribution is 2.24. The number of nitrogens with zero attached hydrogens (tertiary/aromatic N) is 6. The summed E-state index contributed by atoms with van der Waals surface area (Å²) in [5.41, 5.74) is 0.871. The summed E-state index contributed by atoms with van der Waals surface area (Å²) in [5.74, 6) is 1.11. The van der Waals surface area contributed by atoms with Crippen LogP contribution in [0.2, 0.25) is 0 Å².